The monoisotopic (exact) mass is 457 g/mol. The molecule has 1 amide bonds. The lowest BCUT2D eigenvalue weighted by Crippen LogP contribution is -2.52. The second-order valence-electron chi connectivity index (χ2n) is 9.27. The van der Waals surface area contributed by atoms with E-state index in [-0.39, 0.29) is 11.8 Å². The highest BCUT2D eigenvalue weighted by Crippen LogP contribution is 2.39. The number of hydrogen-bond acceptors (Lipinski definition) is 5. The van der Waals surface area contributed by atoms with Gasteiger partial charge in [0.15, 0.2) is 0 Å². The van der Waals surface area contributed by atoms with Gasteiger partial charge in [-0.1, -0.05) is 48.5 Å². The van der Waals surface area contributed by atoms with E-state index in [0.717, 1.165) is 42.0 Å². The van der Waals surface area contributed by atoms with E-state index in [1.165, 1.54) is 0 Å². The number of likely N-dealkylation sites (tertiary alicyclic amines) is 1. The number of benzene rings is 2. The molecule has 1 atom stereocenters. The van der Waals surface area contributed by atoms with Crippen LogP contribution in [-0.4, -0.2) is 47.1 Å². The molecule has 6 heteroatoms. The predicted octanol–water partition coefficient (Wildman–Crippen LogP) is 5.03. The third-order valence-corrected chi connectivity index (χ3v) is 7.17. The van der Waals surface area contributed by atoms with Crippen molar-refractivity contribution in [2.24, 2.45) is 0 Å². The Kier molecular flexibility index (Phi) is 6.59. The van der Waals surface area contributed by atoms with Crippen LogP contribution in [0.4, 0.5) is 0 Å². The van der Waals surface area contributed by atoms with Gasteiger partial charge in [0.1, 0.15) is 11.4 Å². The van der Waals surface area contributed by atoms with Gasteiger partial charge in [-0.25, -0.2) is 4.98 Å². The first kappa shape index (κ1) is 22.5. The van der Waals surface area contributed by atoms with Crippen molar-refractivity contribution >= 4 is 5.91 Å². The minimum atomic E-state index is -0.524. The van der Waals surface area contributed by atoms with Crippen molar-refractivity contribution in [1.82, 2.24) is 14.9 Å². The molecule has 2 aliphatic rings. The van der Waals surface area contributed by atoms with Crippen LogP contribution < -0.4 is 4.74 Å². The molecule has 2 aromatic carbocycles. The number of nitrogens with zero attached hydrogens (tertiary/aromatic N) is 3. The summed E-state index contributed by atoms with van der Waals surface area (Å²) in [6.45, 7) is 4.62. The molecule has 2 saturated heterocycles. The van der Waals surface area contributed by atoms with Crippen molar-refractivity contribution in [2.75, 3.05) is 26.3 Å². The van der Waals surface area contributed by atoms with Gasteiger partial charge in [-0.2, -0.15) is 0 Å². The second-order valence-corrected chi connectivity index (χ2v) is 9.27. The molecule has 0 spiro atoms. The van der Waals surface area contributed by atoms with Crippen molar-refractivity contribution in [2.45, 2.75) is 43.9 Å². The van der Waals surface area contributed by atoms with E-state index in [2.05, 4.69) is 22.1 Å². The Hall–Kier alpha value is -3.25. The van der Waals surface area contributed by atoms with Crippen LogP contribution in [0.25, 0.3) is 0 Å². The van der Waals surface area contributed by atoms with Gasteiger partial charge in [-0.15, -0.1) is 0 Å². The number of hydrogen-bond donors (Lipinski definition) is 0. The third kappa shape index (κ3) is 4.42. The Bertz CT molecular complexity index is 1130. The molecule has 0 bridgehead atoms. The largest absolute Gasteiger partial charge is 0.437 e. The summed E-state index contributed by atoms with van der Waals surface area (Å²) in [7, 11) is 0. The molecule has 176 valence electrons. The Balaban J connectivity index is 1.40. The number of carbonyl (C=O) groups excluding carboxylic acids is 1. The summed E-state index contributed by atoms with van der Waals surface area (Å²) in [5.41, 5.74) is 2.44. The summed E-state index contributed by atoms with van der Waals surface area (Å²) < 4.78 is 11.9. The van der Waals surface area contributed by atoms with Crippen LogP contribution in [0.1, 0.15) is 48.4 Å². The van der Waals surface area contributed by atoms with Gasteiger partial charge >= 0.3 is 0 Å². The first-order valence-corrected chi connectivity index (χ1v) is 12.1. The smallest absolute Gasteiger partial charge is 0.241 e. The molecule has 5 rings (SSSR count). The average molecular weight is 458 g/mol. The minimum absolute atomic E-state index is 0.0816. The summed E-state index contributed by atoms with van der Waals surface area (Å²) in [5, 5.41) is 0. The van der Waals surface area contributed by atoms with Crippen LogP contribution in [0.2, 0.25) is 0 Å². The minimum Gasteiger partial charge on any atom is -0.437 e. The SMILES string of the molecule is Cc1ccccc1Oc1nccnc1[C@@H]1CCCN(C(=O)C2(c3ccccc3)CCOCC2)C1. The molecule has 0 N–H and O–H groups in total. The summed E-state index contributed by atoms with van der Waals surface area (Å²) in [5.74, 6) is 1.59. The maximum Gasteiger partial charge on any atom is 0.241 e. The van der Waals surface area contributed by atoms with Crippen LogP contribution in [-0.2, 0) is 14.9 Å². The van der Waals surface area contributed by atoms with Crippen LogP contribution in [0, 0.1) is 6.92 Å². The molecule has 0 aliphatic carbocycles. The number of rotatable bonds is 5. The van der Waals surface area contributed by atoms with Crippen molar-refractivity contribution in [3.05, 3.63) is 83.8 Å². The summed E-state index contributed by atoms with van der Waals surface area (Å²) >= 11 is 0. The van der Waals surface area contributed by atoms with Gasteiger partial charge in [0.05, 0.1) is 5.41 Å². The van der Waals surface area contributed by atoms with E-state index >= 15 is 0 Å². The molecule has 3 aromatic rings. The number of para-hydroxylation sites is 1. The van der Waals surface area contributed by atoms with Gasteiger partial charge in [-0.3, -0.25) is 9.78 Å². The summed E-state index contributed by atoms with van der Waals surface area (Å²) in [6, 6.07) is 18.1. The molecule has 3 heterocycles. The Labute approximate surface area is 201 Å². The molecule has 0 saturated carbocycles. The second kappa shape index (κ2) is 9.94. The Morgan fingerprint density at radius 3 is 2.56 bits per heavy atom. The highest BCUT2D eigenvalue weighted by Gasteiger charge is 2.45. The number of amides is 1. The average Bonchev–Trinajstić information content (AvgIpc) is 2.91. The maximum absolute atomic E-state index is 14.1. The zero-order chi connectivity index (χ0) is 23.4. The van der Waals surface area contributed by atoms with E-state index in [9.17, 15) is 4.79 Å². The van der Waals surface area contributed by atoms with Crippen molar-refractivity contribution in [1.29, 1.82) is 0 Å². The first-order valence-electron chi connectivity index (χ1n) is 12.1. The standard InChI is InChI=1S/C28H31N3O3/c1-21-8-5-6-12-24(21)34-26-25(29-15-16-30-26)22-9-7-17-31(20-22)27(32)28(13-18-33-19-14-28)23-10-3-2-4-11-23/h2-6,8,10-12,15-16,22H,7,9,13-14,17-20H2,1H3/t22-/m1/s1. The summed E-state index contributed by atoms with van der Waals surface area (Å²) in [4.78, 5) is 25.3. The molecule has 2 aliphatic heterocycles. The van der Waals surface area contributed by atoms with Gasteiger partial charge < -0.3 is 14.4 Å². The number of ether oxygens (including phenoxy) is 2. The lowest BCUT2D eigenvalue weighted by molar-refractivity contribution is -0.142. The zero-order valence-corrected chi connectivity index (χ0v) is 19.7. The highest BCUT2D eigenvalue weighted by atomic mass is 16.5. The van der Waals surface area contributed by atoms with E-state index in [1.807, 2.05) is 54.3 Å². The third-order valence-electron chi connectivity index (χ3n) is 7.17. The predicted molar refractivity (Wildman–Crippen MR) is 130 cm³/mol. The van der Waals surface area contributed by atoms with Gasteiger partial charge in [0.2, 0.25) is 11.8 Å². The Morgan fingerprint density at radius 1 is 1.03 bits per heavy atom. The van der Waals surface area contributed by atoms with E-state index < -0.39 is 5.41 Å². The highest BCUT2D eigenvalue weighted by molar-refractivity contribution is 5.88. The van der Waals surface area contributed by atoms with Crippen molar-refractivity contribution < 1.29 is 14.3 Å². The number of aromatic nitrogens is 2. The molecule has 0 unspecified atom stereocenters. The fraction of sp³-hybridized carbons (Fsp3) is 0.393. The molecule has 6 nitrogen and oxygen atoms in total. The topological polar surface area (TPSA) is 64.6 Å². The Morgan fingerprint density at radius 2 is 1.76 bits per heavy atom. The van der Waals surface area contributed by atoms with E-state index in [0.29, 0.717) is 38.5 Å². The fourth-order valence-electron chi connectivity index (χ4n) is 5.26. The zero-order valence-electron chi connectivity index (χ0n) is 19.7. The molecule has 34 heavy (non-hydrogen) atoms. The van der Waals surface area contributed by atoms with Gasteiger partial charge in [0, 0.05) is 44.6 Å². The van der Waals surface area contributed by atoms with Crippen molar-refractivity contribution in [3.8, 4) is 11.6 Å². The van der Waals surface area contributed by atoms with Crippen LogP contribution >= 0.6 is 0 Å². The molecular weight excluding hydrogens is 426 g/mol. The van der Waals surface area contributed by atoms with Crippen LogP contribution in [0.5, 0.6) is 11.6 Å². The normalized spacial score (nSPS) is 20.0. The van der Waals surface area contributed by atoms with Crippen LogP contribution in [0.15, 0.2) is 67.0 Å². The van der Waals surface area contributed by atoms with Gasteiger partial charge in [-0.05, 0) is 49.8 Å². The van der Waals surface area contributed by atoms with Gasteiger partial charge in [0.25, 0.3) is 0 Å². The molecule has 2 fully saturated rings. The summed E-state index contributed by atoms with van der Waals surface area (Å²) in [6.07, 6.45) is 6.68. The molecule has 0 radical (unpaired) electrons. The fourth-order valence-corrected chi connectivity index (χ4v) is 5.26. The molecule has 1 aromatic heterocycles. The first-order chi connectivity index (χ1) is 16.7. The number of aryl methyl sites for hydroxylation is 1. The van der Waals surface area contributed by atoms with E-state index in [1.54, 1.807) is 12.4 Å². The van der Waals surface area contributed by atoms with Crippen LogP contribution in [0.3, 0.4) is 0 Å². The lowest BCUT2D eigenvalue weighted by atomic mass is 9.72. The van der Waals surface area contributed by atoms with E-state index in [4.69, 9.17) is 9.47 Å². The number of carbonyl (C=O) groups is 1. The quantitative estimate of drug-likeness (QED) is 0.538. The molecular formula is C28H31N3O3. The number of piperidine rings is 1. The van der Waals surface area contributed by atoms with Crippen molar-refractivity contribution in [3.63, 3.8) is 0 Å². The lowest BCUT2D eigenvalue weighted by Gasteiger charge is -2.42. The maximum atomic E-state index is 14.1.